The zero-order valence-electron chi connectivity index (χ0n) is 19.6. The number of ketones is 1. The lowest BCUT2D eigenvalue weighted by atomic mass is 9.94. The van der Waals surface area contributed by atoms with E-state index >= 15 is 0 Å². The van der Waals surface area contributed by atoms with E-state index < -0.39 is 23.5 Å². The lowest BCUT2D eigenvalue weighted by molar-refractivity contribution is -0.117. The summed E-state index contributed by atoms with van der Waals surface area (Å²) in [5.41, 5.74) is 2.49. The number of benzene rings is 2. The molecule has 5 rings (SSSR count). The van der Waals surface area contributed by atoms with Gasteiger partial charge in [-0.3, -0.25) is 14.5 Å². The van der Waals surface area contributed by atoms with Gasteiger partial charge in [-0.2, -0.15) is 0 Å². The third-order valence-corrected chi connectivity index (χ3v) is 7.00. The minimum absolute atomic E-state index is 0.0251. The van der Waals surface area contributed by atoms with E-state index in [4.69, 9.17) is 9.15 Å². The van der Waals surface area contributed by atoms with Crippen molar-refractivity contribution in [1.29, 1.82) is 0 Å². The van der Waals surface area contributed by atoms with Crippen molar-refractivity contribution in [3.8, 4) is 5.75 Å². The van der Waals surface area contributed by atoms with E-state index in [1.54, 1.807) is 19.1 Å². The number of carbonyl (C=O) groups excluding carboxylic acids is 2. The topological polar surface area (TPSA) is 92.9 Å². The summed E-state index contributed by atoms with van der Waals surface area (Å²) in [4.78, 5) is 32.9. The molecule has 7 nitrogen and oxygen atoms in total. The first-order chi connectivity index (χ1) is 16.9. The van der Waals surface area contributed by atoms with Gasteiger partial charge in [0.2, 0.25) is 5.78 Å². The second-order valence-electron chi connectivity index (χ2n) is 8.23. The molecule has 3 heterocycles. The Balaban J connectivity index is 1.64. The van der Waals surface area contributed by atoms with Gasteiger partial charge < -0.3 is 14.3 Å². The van der Waals surface area contributed by atoms with Gasteiger partial charge in [0, 0.05) is 0 Å². The number of ether oxygens (including phenoxy) is 1. The fraction of sp³-hybridized carbons (Fsp3) is 0.222. The van der Waals surface area contributed by atoms with Gasteiger partial charge in [-0.15, -0.1) is 0 Å². The zero-order valence-corrected chi connectivity index (χ0v) is 20.4. The van der Waals surface area contributed by atoms with Crippen molar-refractivity contribution in [2.24, 2.45) is 0 Å². The number of carbonyl (C=O) groups is 2. The normalized spacial score (nSPS) is 15.9. The summed E-state index contributed by atoms with van der Waals surface area (Å²) in [6.07, 6.45) is 0.853. The van der Waals surface area contributed by atoms with Gasteiger partial charge in [0.1, 0.15) is 11.5 Å². The van der Waals surface area contributed by atoms with Crippen LogP contribution in [0.5, 0.6) is 5.75 Å². The molecular weight excluding hydrogens is 464 g/mol. The van der Waals surface area contributed by atoms with Crippen LogP contribution in [0.3, 0.4) is 0 Å². The van der Waals surface area contributed by atoms with Crippen LogP contribution >= 0.6 is 11.3 Å². The van der Waals surface area contributed by atoms with Crippen molar-refractivity contribution < 1.29 is 23.8 Å². The number of fused-ring (bicyclic) bond motifs is 1. The average molecular weight is 489 g/mol. The number of aromatic nitrogens is 1. The first kappa shape index (κ1) is 22.9. The number of furan rings is 1. The molecule has 1 aliphatic rings. The monoisotopic (exact) mass is 488 g/mol. The molecule has 0 bridgehead atoms. The SMILES string of the molecule is CCOc1ccc2nc(N3C(=O)C(O)=C(C(=O)c4ccc(C)o4)C3c3ccc(CC)cc3)sc2c1. The maximum absolute atomic E-state index is 13.5. The molecule has 0 saturated carbocycles. The largest absolute Gasteiger partial charge is 0.503 e. The van der Waals surface area contributed by atoms with Gasteiger partial charge in [-0.1, -0.05) is 42.5 Å². The molecule has 0 fully saturated rings. The van der Waals surface area contributed by atoms with E-state index in [2.05, 4.69) is 11.9 Å². The molecule has 1 unspecified atom stereocenters. The zero-order chi connectivity index (χ0) is 24.7. The summed E-state index contributed by atoms with van der Waals surface area (Å²) < 4.78 is 12.0. The standard InChI is InChI=1S/C27H24N2O5S/c1-4-16-7-9-17(10-8-16)23-22(24(30)20-13-6-15(3)34-20)25(31)26(32)29(23)27-28-19-12-11-18(33-5-2)14-21(19)35-27/h6-14,23,31H,4-5H2,1-3H3. The Morgan fingerprint density at radius 1 is 1.14 bits per heavy atom. The van der Waals surface area contributed by atoms with E-state index in [9.17, 15) is 14.7 Å². The molecule has 2 aromatic carbocycles. The number of nitrogens with zero attached hydrogens (tertiary/aromatic N) is 2. The maximum atomic E-state index is 13.5. The molecule has 2 aromatic heterocycles. The van der Waals surface area contributed by atoms with E-state index in [-0.39, 0.29) is 11.3 Å². The van der Waals surface area contributed by atoms with E-state index in [1.807, 2.05) is 49.4 Å². The van der Waals surface area contributed by atoms with Crippen LogP contribution in [0.2, 0.25) is 0 Å². The number of thiazole rings is 1. The molecule has 1 amide bonds. The predicted octanol–water partition coefficient (Wildman–Crippen LogP) is 5.94. The lowest BCUT2D eigenvalue weighted by Crippen LogP contribution is -2.31. The van der Waals surface area contributed by atoms with Gasteiger partial charge in [-0.25, -0.2) is 4.98 Å². The highest BCUT2D eigenvalue weighted by Crippen LogP contribution is 2.44. The molecule has 1 aliphatic heterocycles. The number of rotatable bonds is 7. The van der Waals surface area contributed by atoms with Gasteiger partial charge >= 0.3 is 0 Å². The molecular formula is C27H24N2O5S. The minimum Gasteiger partial charge on any atom is -0.503 e. The van der Waals surface area contributed by atoms with Crippen LogP contribution in [-0.2, 0) is 11.2 Å². The Bertz CT molecular complexity index is 1460. The van der Waals surface area contributed by atoms with Crippen LogP contribution < -0.4 is 9.64 Å². The molecule has 1 N–H and O–H groups in total. The second-order valence-corrected chi connectivity index (χ2v) is 9.24. The maximum Gasteiger partial charge on any atom is 0.296 e. The molecule has 0 aliphatic carbocycles. The lowest BCUT2D eigenvalue weighted by Gasteiger charge is -2.24. The molecule has 0 saturated heterocycles. The number of hydrogen-bond acceptors (Lipinski definition) is 7. The fourth-order valence-corrected chi connectivity index (χ4v) is 5.25. The van der Waals surface area contributed by atoms with E-state index in [0.29, 0.717) is 34.3 Å². The van der Waals surface area contributed by atoms with Crippen LogP contribution in [0.15, 0.2) is 70.3 Å². The number of amides is 1. The van der Waals surface area contributed by atoms with E-state index in [0.717, 1.165) is 16.7 Å². The highest BCUT2D eigenvalue weighted by atomic mass is 32.1. The Morgan fingerprint density at radius 3 is 2.57 bits per heavy atom. The Kier molecular flexibility index (Phi) is 5.90. The molecule has 35 heavy (non-hydrogen) atoms. The highest BCUT2D eigenvalue weighted by Gasteiger charge is 2.46. The first-order valence-electron chi connectivity index (χ1n) is 11.4. The summed E-state index contributed by atoms with van der Waals surface area (Å²) in [6, 6.07) is 15.6. The summed E-state index contributed by atoms with van der Waals surface area (Å²) >= 11 is 1.30. The summed E-state index contributed by atoms with van der Waals surface area (Å²) in [7, 11) is 0. The van der Waals surface area contributed by atoms with Crippen LogP contribution in [0.4, 0.5) is 5.13 Å². The number of Topliss-reactive ketones (excluding diaryl/α,β-unsaturated/α-hetero) is 1. The summed E-state index contributed by atoms with van der Waals surface area (Å²) in [5.74, 6) is -0.460. The number of aliphatic hydroxyl groups is 1. The Morgan fingerprint density at radius 2 is 1.91 bits per heavy atom. The van der Waals surface area contributed by atoms with Crippen molar-refractivity contribution in [1.82, 2.24) is 4.98 Å². The third kappa shape index (κ3) is 4.00. The molecule has 4 aromatic rings. The average Bonchev–Trinajstić information content (AvgIpc) is 3.55. The minimum atomic E-state index is -0.849. The fourth-order valence-electron chi connectivity index (χ4n) is 4.23. The molecule has 8 heteroatoms. The van der Waals surface area contributed by atoms with E-state index in [1.165, 1.54) is 16.2 Å². The van der Waals surface area contributed by atoms with Gasteiger partial charge in [0.05, 0.1) is 28.4 Å². The summed E-state index contributed by atoms with van der Waals surface area (Å²) in [5, 5.41) is 11.3. The first-order valence-corrected chi connectivity index (χ1v) is 12.2. The molecule has 0 spiro atoms. The van der Waals surface area contributed by atoms with Crippen molar-refractivity contribution in [3.05, 3.63) is 88.6 Å². The van der Waals surface area contributed by atoms with Crippen LogP contribution in [0.1, 0.15) is 47.3 Å². The number of aryl methyl sites for hydroxylation is 2. The highest BCUT2D eigenvalue weighted by molar-refractivity contribution is 7.22. The van der Waals surface area contributed by atoms with Crippen molar-refractivity contribution in [2.75, 3.05) is 11.5 Å². The van der Waals surface area contributed by atoms with Crippen molar-refractivity contribution >= 4 is 38.4 Å². The van der Waals surface area contributed by atoms with Gasteiger partial charge in [0.15, 0.2) is 16.7 Å². The Hall–Kier alpha value is -3.91. The van der Waals surface area contributed by atoms with Crippen LogP contribution in [0.25, 0.3) is 10.2 Å². The molecule has 178 valence electrons. The van der Waals surface area contributed by atoms with Crippen LogP contribution in [0, 0.1) is 6.92 Å². The van der Waals surface area contributed by atoms with Crippen molar-refractivity contribution in [3.63, 3.8) is 0 Å². The second kappa shape index (κ2) is 9.03. The van der Waals surface area contributed by atoms with Crippen LogP contribution in [-0.4, -0.2) is 28.4 Å². The molecule has 0 radical (unpaired) electrons. The number of anilines is 1. The van der Waals surface area contributed by atoms with Crippen molar-refractivity contribution in [2.45, 2.75) is 33.2 Å². The van der Waals surface area contributed by atoms with Gasteiger partial charge in [-0.05, 0) is 61.7 Å². The quantitative estimate of drug-likeness (QED) is 0.324. The predicted molar refractivity (Wildman–Crippen MR) is 134 cm³/mol. The number of aliphatic hydroxyl groups excluding tert-OH is 1. The third-order valence-electron chi connectivity index (χ3n) is 5.99. The van der Waals surface area contributed by atoms with Gasteiger partial charge in [0.25, 0.3) is 5.91 Å². The molecule has 1 atom stereocenters. The smallest absolute Gasteiger partial charge is 0.296 e. The number of hydrogen-bond donors (Lipinski definition) is 1. The summed E-state index contributed by atoms with van der Waals surface area (Å²) in [6.45, 7) is 6.23. The Labute approximate surface area is 206 Å².